The van der Waals surface area contributed by atoms with Crippen molar-refractivity contribution in [3.63, 3.8) is 0 Å². The first kappa shape index (κ1) is 22.8. The van der Waals surface area contributed by atoms with Gasteiger partial charge in [-0.1, -0.05) is 51.4 Å². The summed E-state index contributed by atoms with van der Waals surface area (Å²) in [5.74, 6) is 0. The van der Waals surface area contributed by atoms with Crippen molar-refractivity contribution in [1.82, 2.24) is 0 Å². The van der Waals surface area contributed by atoms with Gasteiger partial charge < -0.3 is 28.4 Å². The average Bonchev–Trinajstić information content (AvgIpc) is 2.21. The molecule has 0 N–H and O–H groups in total. The molecule has 0 aliphatic rings. The smallest absolute Gasteiger partial charge is 1.00 e. The molecule has 0 aromatic rings. The van der Waals surface area contributed by atoms with Gasteiger partial charge >= 0.3 is 23.1 Å². The van der Waals surface area contributed by atoms with Crippen molar-refractivity contribution < 1.29 is 21.5 Å². The molecule has 0 amide bonds. The van der Waals surface area contributed by atoms with Crippen molar-refractivity contribution in [2.24, 2.45) is 0 Å². The van der Waals surface area contributed by atoms with Crippen molar-refractivity contribution in [2.45, 2.75) is 64.2 Å². The molecule has 0 heterocycles. The first-order valence-corrected chi connectivity index (χ1v) is 6.50. The summed E-state index contributed by atoms with van der Waals surface area (Å²) >= 11 is 0. The first-order chi connectivity index (χ1) is 6.91. The summed E-state index contributed by atoms with van der Waals surface area (Å²) in [5, 5.41) is 0. The average molecular weight is 322 g/mol. The van der Waals surface area contributed by atoms with Crippen molar-refractivity contribution in [2.75, 3.05) is 6.61 Å². The maximum absolute atomic E-state index is 4.92. The molecule has 0 spiro atoms. The van der Waals surface area contributed by atoms with Crippen LogP contribution >= 0.6 is 9.47 Å². The zero-order valence-electron chi connectivity index (χ0n) is 10.6. The third-order valence-corrected chi connectivity index (χ3v) is 2.75. The van der Waals surface area contributed by atoms with Crippen LogP contribution in [0.3, 0.4) is 0 Å². The van der Waals surface area contributed by atoms with Crippen LogP contribution in [0.5, 0.6) is 0 Å². The van der Waals surface area contributed by atoms with Gasteiger partial charge in [-0.15, -0.1) is 0 Å². The fourth-order valence-corrected chi connectivity index (χ4v) is 1.77. The van der Waals surface area contributed by atoms with Gasteiger partial charge in [-0.3, -0.25) is 0 Å². The maximum Gasteiger partial charge on any atom is 2.00 e. The van der Waals surface area contributed by atoms with Gasteiger partial charge in [-0.05, 0) is 6.42 Å². The van der Waals surface area contributed by atoms with E-state index in [-0.39, 0.29) is 40.0 Å². The SMILES string of the molecule is [Br-].[CH2-]CCCCCCCCCCCOP.[Mg+2]. The van der Waals surface area contributed by atoms with E-state index in [4.69, 9.17) is 4.52 Å². The topological polar surface area (TPSA) is 9.23 Å². The standard InChI is InChI=1S/C12H26OP.BrH.Mg/c1-2-3-4-5-6-7-8-9-10-11-12-13-14;;/h1-12,14H2;1H;/q-1;;+2/p-1. The number of hydrogen-bond acceptors (Lipinski definition) is 1. The van der Waals surface area contributed by atoms with E-state index >= 15 is 0 Å². The molecule has 0 saturated heterocycles. The Morgan fingerprint density at radius 1 is 0.750 bits per heavy atom. The van der Waals surface area contributed by atoms with Crippen molar-refractivity contribution in [3.05, 3.63) is 6.92 Å². The van der Waals surface area contributed by atoms with Crippen LogP contribution in [0, 0.1) is 6.92 Å². The molecule has 16 heavy (non-hydrogen) atoms. The van der Waals surface area contributed by atoms with E-state index in [1.807, 2.05) is 0 Å². The van der Waals surface area contributed by atoms with Crippen molar-refractivity contribution >= 4 is 32.5 Å². The quantitative estimate of drug-likeness (QED) is 0.240. The monoisotopic (exact) mass is 320 g/mol. The molecule has 4 heteroatoms. The zero-order valence-corrected chi connectivity index (χ0v) is 14.7. The van der Waals surface area contributed by atoms with Gasteiger partial charge in [0, 0.05) is 9.47 Å². The van der Waals surface area contributed by atoms with E-state index in [1.54, 1.807) is 0 Å². The molecule has 0 bridgehead atoms. The summed E-state index contributed by atoms with van der Waals surface area (Å²) in [5.41, 5.74) is 0. The molecule has 1 nitrogen and oxygen atoms in total. The number of hydrogen-bond donors (Lipinski definition) is 0. The minimum atomic E-state index is 0. The predicted molar refractivity (Wildman–Crippen MR) is 72.9 cm³/mol. The third-order valence-electron chi connectivity index (χ3n) is 2.51. The molecule has 0 rings (SSSR count). The van der Waals surface area contributed by atoms with E-state index in [0.717, 1.165) is 13.0 Å². The molecule has 0 aromatic carbocycles. The van der Waals surface area contributed by atoms with Gasteiger partial charge in [-0.2, -0.15) is 6.42 Å². The molecule has 0 aliphatic carbocycles. The van der Waals surface area contributed by atoms with Gasteiger partial charge in [0.05, 0.1) is 6.61 Å². The Kier molecular flexibility index (Phi) is 31.2. The Morgan fingerprint density at radius 3 is 1.50 bits per heavy atom. The summed E-state index contributed by atoms with van der Waals surface area (Å²) in [6.07, 6.45) is 13.4. The van der Waals surface area contributed by atoms with Crippen molar-refractivity contribution in [1.29, 1.82) is 0 Å². The fourth-order valence-electron chi connectivity index (χ4n) is 1.60. The van der Waals surface area contributed by atoms with E-state index in [0.29, 0.717) is 0 Å². The summed E-state index contributed by atoms with van der Waals surface area (Å²) < 4.78 is 4.92. The summed E-state index contributed by atoms with van der Waals surface area (Å²) in [4.78, 5) is 0. The van der Waals surface area contributed by atoms with Crippen LogP contribution in [0.25, 0.3) is 0 Å². The third kappa shape index (κ3) is 21.0. The Hall–Kier alpha value is 1.64. The second kappa shape index (κ2) is 21.9. The van der Waals surface area contributed by atoms with Crippen LogP contribution in [0.1, 0.15) is 64.2 Å². The fraction of sp³-hybridized carbons (Fsp3) is 0.917. The molecule has 0 aliphatic heterocycles. The van der Waals surface area contributed by atoms with Gasteiger partial charge in [-0.25, -0.2) is 0 Å². The van der Waals surface area contributed by atoms with E-state index in [9.17, 15) is 0 Å². The number of rotatable bonds is 11. The molecule has 0 radical (unpaired) electrons. The first-order valence-electron chi connectivity index (χ1n) is 6.02. The van der Waals surface area contributed by atoms with Gasteiger partial charge in [0.15, 0.2) is 0 Å². The summed E-state index contributed by atoms with van der Waals surface area (Å²) in [6.45, 7) is 4.74. The minimum absolute atomic E-state index is 0. The van der Waals surface area contributed by atoms with Crippen molar-refractivity contribution in [3.8, 4) is 0 Å². The predicted octanol–water partition coefficient (Wildman–Crippen LogP) is 1.15. The Balaban J connectivity index is -0.000000845. The normalized spacial score (nSPS) is 9.38. The molecule has 0 fully saturated rings. The maximum atomic E-state index is 4.92. The molecule has 1 unspecified atom stereocenters. The van der Waals surface area contributed by atoms with Crippen LogP contribution in [0.4, 0.5) is 0 Å². The minimum Gasteiger partial charge on any atom is -1.00 e. The van der Waals surface area contributed by atoms with E-state index in [2.05, 4.69) is 16.4 Å². The van der Waals surface area contributed by atoms with Crippen LogP contribution in [0.2, 0.25) is 0 Å². The van der Waals surface area contributed by atoms with Crippen LogP contribution in [0.15, 0.2) is 0 Å². The largest absolute Gasteiger partial charge is 2.00 e. The van der Waals surface area contributed by atoms with Crippen LogP contribution in [-0.2, 0) is 4.52 Å². The van der Waals surface area contributed by atoms with Crippen LogP contribution in [-0.4, -0.2) is 29.7 Å². The van der Waals surface area contributed by atoms with E-state index < -0.39 is 0 Å². The molecule has 0 saturated carbocycles. The van der Waals surface area contributed by atoms with Gasteiger partial charge in [0.2, 0.25) is 0 Å². The molecule has 1 atom stereocenters. The second-order valence-corrected chi connectivity index (χ2v) is 4.24. The Morgan fingerprint density at radius 2 is 1.12 bits per heavy atom. The van der Waals surface area contributed by atoms with E-state index in [1.165, 1.54) is 57.8 Å². The Labute approximate surface area is 131 Å². The number of halogens is 1. The van der Waals surface area contributed by atoms with Gasteiger partial charge in [0.25, 0.3) is 0 Å². The number of unbranched alkanes of at least 4 members (excludes halogenated alkanes) is 9. The molecule has 94 valence electrons. The van der Waals surface area contributed by atoms with Gasteiger partial charge in [0.1, 0.15) is 0 Å². The summed E-state index contributed by atoms with van der Waals surface area (Å²) in [7, 11) is 2.31. The summed E-state index contributed by atoms with van der Waals surface area (Å²) in [6, 6.07) is 0. The second-order valence-electron chi connectivity index (χ2n) is 3.91. The Bertz CT molecular complexity index is 95.0. The van der Waals surface area contributed by atoms with Crippen LogP contribution < -0.4 is 17.0 Å². The zero-order chi connectivity index (χ0) is 10.5. The molecular formula is C12H26BrMgOP. The molecular weight excluding hydrogens is 295 g/mol. The molecule has 0 aromatic heterocycles.